The molecule has 0 aromatic heterocycles. The van der Waals surface area contributed by atoms with Crippen molar-refractivity contribution in [3.05, 3.63) is 59.7 Å². The molecule has 1 aliphatic rings. The molecule has 3 rings (SSSR count). The van der Waals surface area contributed by atoms with Gasteiger partial charge in [0.1, 0.15) is 5.75 Å². The Kier molecular flexibility index (Phi) is 7.87. The fraction of sp³-hybridized carbons (Fsp3) is 0.400. The Bertz CT molecular complexity index is 949. The van der Waals surface area contributed by atoms with Crippen LogP contribution in [-0.4, -0.2) is 29.0 Å². The Morgan fingerprint density at radius 2 is 1.75 bits per heavy atom. The smallest absolute Gasteiger partial charge is 0.305 e. The normalized spacial score (nSPS) is 14.7. The number of aliphatic carboxylic acids is 1. The van der Waals surface area contributed by atoms with Crippen LogP contribution in [0.5, 0.6) is 5.75 Å². The average Bonchev–Trinajstić information content (AvgIpc) is 3.26. The zero-order valence-electron chi connectivity index (χ0n) is 18.5. The predicted octanol–water partition coefficient (Wildman–Crippen LogP) is 4.55. The SMILES string of the molecule is CC(C)C(=O)Nc1cccc(C(=O)N[C@H](CC(=O)O)c2ccc(OC3CCCC3)cc2)c1. The van der Waals surface area contributed by atoms with Crippen LogP contribution in [0.25, 0.3) is 0 Å². The van der Waals surface area contributed by atoms with Crippen molar-refractivity contribution in [3.8, 4) is 5.75 Å². The zero-order valence-corrected chi connectivity index (χ0v) is 18.5. The van der Waals surface area contributed by atoms with E-state index in [1.165, 1.54) is 12.8 Å². The predicted molar refractivity (Wildman–Crippen MR) is 122 cm³/mol. The number of carbonyl (C=O) groups excluding carboxylic acids is 2. The maximum absolute atomic E-state index is 12.8. The second kappa shape index (κ2) is 10.8. The van der Waals surface area contributed by atoms with Gasteiger partial charge in [0.2, 0.25) is 5.91 Å². The lowest BCUT2D eigenvalue weighted by Crippen LogP contribution is -2.30. The van der Waals surface area contributed by atoms with Crippen LogP contribution in [0.2, 0.25) is 0 Å². The van der Waals surface area contributed by atoms with Crippen LogP contribution in [0, 0.1) is 5.92 Å². The van der Waals surface area contributed by atoms with Crippen molar-refractivity contribution in [2.24, 2.45) is 5.92 Å². The van der Waals surface area contributed by atoms with Crippen molar-refractivity contribution in [2.75, 3.05) is 5.32 Å². The number of carboxylic acid groups (broad SMARTS) is 1. The molecule has 2 aromatic rings. The highest BCUT2D eigenvalue weighted by atomic mass is 16.5. The number of anilines is 1. The first-order valence-electron chi connectivity index (χ1n) is 11.0. The summed E-state index contributed by atoms with van der Waals surface area (Å²) in [4.78, 5) is 36.2. The Labute approximate surface area is 188 Å². The van der Waals surface area contributed by atoms with Gasteiger partial charge in [0.05, 0.1) is 18.6 Å². The van der Waals surface area contributed by atoms with Gasteiger partial charge in [0, 0.05) is 17.2 Å². The molecule has 0 aliphatic heterocycles. The summed E-state index contributed by atoms with van der Waals surface area (Å²) in [6.07, 6.45) is 4.44. The van der Waals surface area contributed by atoms with Gasteiger partial charge in [-0.25, -0.2) is 0 Å². The number of rotatable bonds is 9. The molecule has 3 N–H and O–H groups in total. The Balaban J connectivity index is 1.70. The van der Waals surface area contributed by atoms with Gasteiger partial charge in [0.25, 0.3) is 5.91 Å². The number of carboxylic acids is 1. The number of amides is 2. The van der Waals surface area contributed by atoms with Gasteiger partial charge in [-0.15, -0.1) is 0 Å². The molecule has 0 heterocycles. The topological polar surface area (TPSA) is 105 Å². The molecule has 0 bridgehead atoms. The quantitative estimate of drug-likeness (QED) is 0.533. The van der Waals surface area contributed by atoms with Gasteiger partial charge < -0.3 is 20.5 Å². The number of nitrogens with one attached hydrogen (secondary N) is 2. The van der Waals surface area contributed by atoms with E-state index in [1.54, 1.807) is 50.2 Å². The molecule has 1 aliphatic carbocycles. The average molecular weight is 439 g/mol. The minimum atomic E-state index is -1.01. The van der Waals surface area contributed by atoms with Crippen molar-refractivity contribution < 1.29 is 24.2 Å². The highest BCUT2D eigenvalue weighted by molar-refractivity contribution is 5.97. The molecule has 0 radical (unpaired) electrons. The molecule has 1 atom stereocenters. The summed E-state index contributed by atoms with van der Waals surface area (Å²) in [6.45, 7) is 3.57. The molecule has 0 spiro atoms. The molecule has 7 nitrogen and oxygen atoms in total. The fourth-order valence-corrected chi connectivity index (χ4v) is 3.67. The minimum absolute atomic E-state index is 0.147. The molecule has 2 aromatic carbocycles. The Morgan fingerprint density at radius 1 is 1.06 bits per heavy atom. The molecular weight excluding hydrogens is 408 g/mol. The van der Waals surface area contributed by atoms with E-state index in [0.29, 0.717) is 16.8 Å². The third-order valence-electron chi connectivity index (χ3n) is 5.49. The fourth-order valence-electron chi connectivity index (χ4n) is 3.67. The van der Waals surface area contributed by atoms with Gasteiger partial charge >= 0.3 is 5.97 Å². The van der Waals surface area contributed by atoms with Crippen LogP contribution in [0.4, 0.5) is 5.69 Å². The molecule has 0 saturated heterocycles. The van der Waals surface area contributed by atoms with Gasteiger partial charge in [-0.1, -0.05) is 32.0 Å². The Morgan fingerprint density at radius 3 is 2.38 bits per heavy atom. The van der Waals surface area contributed by atoms with Crippen LogP contribution >= 0.6 is 0 Å². The first-order chi connectivity index (χ1) is 15.3. The molecule has 32 heavy (non-hydrogen) atoms. The van der Waals surface area contributed by atoms with E-state index in [9.17, 15) is 19.5 Å². The van der Waals surface area contributed by atoms with E-state index in [-0.39, 0.29) is 24.3 Å². The van der Waals surface area contributed by atoms with E-state index >= 15 is 0 Å². The van der Waals surface area contributed by atoms with Gasteiger partial charge in [-0.05, 0) is 61.6 Å². The number of benzene rings is 2. The lowest BCUT2D eigenvalue weighted by atomic mass is 10.0. The second-order valence-corrected chi connectivity index (χ2v) is 8.44. The van der Waals surface area contributed by atoms with E-state index in [0.717, 1.165) is 18.6 Å². The van der Waals surface area contributed by atoms with Crippen LogP contribution in [-0.2, 0) is 9.59 Å². The monoisotopic (exact) mass is 438 g/mol. The van der Waals surface area contributed by atoms with Crippen molar-refractivity contribution in [2.45, 2.75) is 58.1 Å². The van der Waals surface area contributed by atoms with Crippen molar-refractivity contribution in [3.63, 3.8) is 0 Å². The van der Waals surface area contributed by atoms with Crippen molar-refractivity contribution >= 4 is 23.5 Å². The highest BCUT2D eigenvalue weighted by Crippen LogP contribution is 2.26. The largest absolute Gasteiger partial charge is 0.490 e. The summed E-state index contributed by atoms with van der Waals surface area (Å²) in [5, 5.41) is 14.9. The molecule has 2 amide bonds. The molecular formula is C25H30N2O5. The maximum atomic E-state index is 12.8. The van der Waals surface area contributed by atoms with E-state index < -0.39 is 17.9 Å². The van der Waals surface area contributed by atoms with E-state index in [4.69, 9.17) is 4.74 Å². The Hall–Kier alpha value is -3.35. The van der Waals surface area contributed by atoms with Gasteiger partial charge in [-0.3, -0.25) is 14.4 Å². The lowest BCUT2D eigenvalue weighted by Gasteiger charge is -2.19. The minimum Gasteiger partial charge on any atom is -0.490 e. The first kappa shape index (κ1) is 23.3. The molecule has 7 heteroatoms. The summed E-state index contributed by atoms with van der Waals surface area (Å²) in [7, 11) is 0. The number of hydrogen-bond donors (Lipinski definition) is 3. The second-order valence-electron chi connectivity index (χ2n) is 8.44. The summed E-state index contributed by atoms with van der Waals surface area (Å²) in [5.41, 5.74) is 1.53. The van der Waals surface area contributed by atoms with Crippen LogP contribution in [0.1, 0.15) is 67.9 Å². The highest BCUT2D eigenvalue weighted by Gasteiger charge is 2.21. The first-order valence-corrected chi connectivity index (χ1v) is 11.0. The van der Waals surface area contributed by atoms with Crippen LogP contribution in [0.3, 0.4) is 0 Å². The number of ether oxygens (including phenoxy) is 1. The third-order valence-corrected chi connectivity index (χ3v) is 5.49. The maximum Gasteiger partial charge on any atom is 0.305 e. The van der Waals surface area contributed by atoms with E-state index in [1.807, 2.05) is 12.1 Å². The van der Waals surface area contributed by atoms with Crippen LogP contribution in [0.15, 0.2) is 48.5 Å². The lowest BCUT2D eigenvalue weighted by molar-refractivity contribution is -0.137. The summed E-state index contributed by atoms with van der Waals surface area (Å²) < 4.78 is 5.96. The van der Waals surface area contributed by atoms with Gasteiger partial charge in [0.15, 0.2) is 0 Å². The summed E-state index contributed by atoms with van der Waals surface area (Å²) in [6, 6.07) is 13.1. The molecule has 1 saturated carbocycles. The van der Waals surface area contributed by atoms with Gasteiger partial charge in [-0.2, -0.15) is 0 Å². The number of hydrogen-bond acceptors (Lipinski definition) is 4. The summed E-state index contributed by atoms with van der Waals surface area (Å²) >= 11 is 0. The van der Waals surface area contributed by atoms with E-state index in [2.05, 4.69) is 10.6 Å². The third kappa shape index (κ3) is 6.57. The molecule has 0 unspecified atom stereocenters. The zero-order chi connectivity index (χ0) is 23.1. The molecule has 1 fully saturated rings. The van der Waals surface area contributed by atoms with Crippen molar-refractivity contribution in [1.82, 2.24) is 5.32 Å². The van der Waals surface area contributed by atoms with Crippen molar-refractivity contribution in [1.29, 1.82) is 0 Å². The van der Waals surface area contributed by atoms with Crippen LogP contribution < -0.4 is 15.4 Å². The molecule has 170 valence electrons. The number of carbonyl (C=O) groups is 3. The summed E-state index contributed by atoms with van der Waals surface area (Å²) in [5.74, 6) is -1.02. The standard InChI is InChI=1S/C25H30N2O5/c1-16(2)24(30)26-19-7-5-6-18(14-19)25(31)27-22(15-23(28)29)17-10-12-21(13-11-17)32-20-8-3-4-9-20/h5-7,10-14,16,20,22H,3-4,8-9,15H2,1-2H3,(H,26,30)(H,27,31)(H,28,29)/t22-/m1/s1.